The van der Waals surface area contributed by atoms with Crippen molar-refractivity contribution >= 4 is 41.3 Å². The average molecular weight is 429 g/mol. The van der Waals surface area contributed by atoms with Crippen molar-refractivity contribution in [3.05, 3.63) is 52.2 Å². The van der Waals surface area contributed by atoms with Crippen LogP contribution < -0.4 is 15.8 Å². The Morgan fingerprint density at radius 1 is 1.32 bits per heavy atom. The summed E-state index contributed by atoms with van der Waals surface area (Å²) in [5.41, 5.74) is 7.14. The molecule has 0 saturated heterocycles. The number of nitrogens with two attached hydrogens (primary N) is 1. The van der Waals surface area contributed by atoms with Gasteiger partial charge in [-0.05, 0) is 24.4 Å². The number of aliphatic imine (C=N–C) groups is 1. The van der Waals surface area contributed by atoms with Gasteiger partial charge in [-0.3, -0.25) is 4.99 Å². The Kier molecular flexibility index (Phi) is 6.07. The van der Waals surface area contributed by atoms with Crippen molar-refractivity contribution in [3.63, 3.8) is 0 Å². The minimum Gasteiger partial charge on any atom is -0.488 e. The van der Waals surface area contributed by atoms with Crippen molar-refractivity contribution in [2.24, 2.45) is 10.7 Å². The highest BCUT2D eigenvalue weighted by Gasteiger charge is 2.30. The van der Waals surface area contributed by atoms with Gasteiger partial charge in [-0.15, -0.1) is 35.3 Å². The van der Waals surface area contributed by atoms with E-state index in [9.17, 15) is 0 Å². The summed E-state index contributed by atoms with van der Waals surface area (Å²) in [6, 6.07) is 12.3. The maximum atomic E-state index is 6.00. The molecule has 1 aromatic heterocycles. The number of halogens is 1. The molecule has 22 heavy (non-hydrogen) atoms. The molecule has 6 heteroatoms. The van der Waals surface area contributed by atoms with E-state index in [1.54, 1.807) is 11.3 Å². The molecule has 0 spiro atoms. The number of para-hydroxylation sites is 1. The molecule has 2 aromatic rings. The third kappa shape index (κ3) is 3.92. The summed E-state index contributed by atoms with van der Waals surface area (Å²) in [4.78, 5) is 5.73. The molecule has 1 aliphatic heterocycles. The van der Waals surface area contributed by atoms with Crippen molar-refractivity contribution < 1.29 is 4.74 Å². The lowest BCUT2D eigenvalue weighted by Crippen LogP contribution is -2.39. The third-order valence-electron chi connectivity index (χ3n) is 3.56. The first-order valence-electron chi connectivity index (χ1n) is 7.08. The predicted molar refractivity (Wildman–Crippen MR) is 102 cm³/mol. The molecule has 2 heterocycles. The number of benzene rings is 1. The van der Waals surface area contributed by atoms with Gasteiger partial charge < -0.3 is 15.8 Å². The first-order valence-corrected chi connectivity index (χ1v) is 7.96. The van der Waals surface area contributed by atoms with Crippen LogP contribution in [0, 0.1) is 0 Å². The number of guanidine groups is 1. The van der Waals surface area contributed by atoms with Gasteiger partial charge >= 0.3 is 0 Å². The van der Waals surface area contributed by atoms with E-state index >= 15 is 0 Å². The molecule has 118 valence electrons. The highest BCUT2D eigenvalue weighted by Crippen LogP contribution is 2.35. The summed E-state index contributed by atoms with van der Waals surface area (Å²) in [6.07, 6.45) is 0.973. The zero-order valence-corrected chi connectivity index (χ0v) is 15.5. The minimum atomic E-state index is 0. The molecule has 0 amide bonds. The van der Waals surface area contributed by atoms with Gasteiger partial charge in [0.15, 0.2) is 5.96 Å². The fourth-order valence-corrected chi connectivity index (χ4v) is 3.21. The Bertz CT molecular complexity index is 630. The molecular weight excluding hydrogens is 409 g/mol. The maximum Gasteiger partial charge on any atom is 0.189 e. The zero-order valence-electron chi connectivity index (χ0n) is 12.4. The highest BCUT2D eigenvalue weighted by molar-refractivity contribution is 14.0. The van der Waals surface area contributed by atoms with Crippen molar-refractivity contribution in [1.29, 1.82) is 0 Å². The summed E-state index contributed by atoms with van der Waals surface area (Å²) in [5.74, 6) is 1.40. The second kappa shape index (κ2) is 7.82. The van der Waals surface area contributed by atoms with Crippen molar-refractivity contribution in [2.45, 2.75) is 25.5 Å². The van der Waals surface area contributed by atoms with Crippen LogP contribution >= 0.6 is 35.3 Å². The molecule has 0 radical (unpaired) electrons. The SMILES string of the molecule is CC1Oc2ccccc2C1NC(N)=NCCc1cccs1.I. The average Bonchev–Trinajstić information content (AvgIpc) is 3.08. The van der Waals surface area contributed by atoms with E-state index < -0.39 is 0 Å². The highest BCUT2D eigenvalue weighted by atomic mass is 127. The second-order valence-corrected chi connectivity index (χ2v) is 6.11. The maximum absolute atomic E-state index is 6.00. The Morgan fingerprint density at radius 3 is 2.91 bits per heavy atom. The molecule has 0 saturated carbocycles. The van der Waals surface area contributed by atoms with Gasteiger partial charge in [0, 0.05) is 23.4 Å². The second-order valence-electron chi connectivity index (χ2n) is 5.08. The van der Waals surface area contributed by atoms with E-state index in [4.69, 9.17) is 10.5 Å². The standard InChI is InChI=1S/C16H19N3OS.HI/c1-11-15(13-6-2-3-7-14(13)20-11)19-16(17)18-9-8-12-5-4-10-21-12;/h2-7,10-11,15H,8-9H2,1H3,(H3,17,18,19);1H. The Morgan fingerprint density at radius 2 is 2.14 bits per heavy atom. The summed E-state index contributed by atoms with van der Waals surface area (Å²) >= 11 is 1.75. The van der Waals surface area contributed by atoms with Gasteiger partial charge in [0.25, 0.3) is 0 Å². The lowest BCUT2D eigenvalue weighted by atomic mass is 10.1. The van der Waals surface area contributed by atoms with Gasteiger partial charge in [0.05, 0.1) is 6.04 Å². The van der Waals surface area contributed by atoms with Gasteiger partial charge in [-0.2, -0.15) is 0 Å². The smallest absolute Gasteiger partial charge is 0.189 e. The van der Waals surface area contributed by atoms with Crippen LogP contribution in [0.5, 0.6) is 5.75 Å². The van der Waals surface area contributed by atoms with Crippen LogP contribution in [0.1, 0.15) is 23.4 Å². The van der Waals surface area contributed by atoms with Crippen molar-refractivity contribution in [1.82, 2.24) is 5.32 Å². The number of hydrogen-bond acceptors (Lipinski definition) is 3. The van der Waals surface area contributed by atoms with Crippen molar-refractivity contribution in [2.75, 3.05) is 6.54 Å². The van der Waals surface area contributed by atoms with Crippen LogP contribution in [0.25, 0.3) is 0 Å². The molecule has 0 fully saturated rings. The van der Waals surface area contributed by atoms with E-state index in [0.717, 1.165) is 17.7 Å². The lowest BCUT2D eigenvalue weighted by molar-refractivity contribution is 0.219. The monoisotopic (exact) mass is 429 g/mol. The van der Waals surface area contributed by atoms with E-state index in [1.807, 2.05) is 25.1 Å². The summed E-state index contributed by atoms with van der Waals surface area (Å²) in [7, 11) is 0. The van der Waals surface area contributed by atoms with Gasteiger partial charge in [-0.25, -0.2) is 0 Å². The van der Waals surface area contributed by atoms with Crippen molar-refractivity contribution in [3.8, 4) is 5.75 Å². The topological polar surface area (TPSA) is 59.6 Å². The third-order valence-corrected chi connectivity index (χ3v) is 4.50. The summed E-state index contributed by atoms with van der Waals surface area (Å²) in [6.45, 7) is 2.74. The number of thiophene rings is 1. The van der Waals surface area contributed by atoms with Crippen LogP contribution in [-0.4, -0.2) is 18.6 Å². The Balaban J connectivity index is 0.00000176. The molecule has 4 nitrogen and oxygen atoms in total. The first kappa shape index (κ1) is 17.1. The van der Waals surface area contributed by atoms with E-state index in [2.05, 4.69) is 33.9 Å². The van der Waals surface area contributed by atoms with Gasteiger partial charge in [0.2, 0.25) is 0 Å². The van der Waals surface area contributed by atoms with Gasteiger partial charge in [0.1, 0.15) is 11.9 Å². The zero-order chi connectivity index (χ0) is 14.7. The van der Waals surface area contributed by atoms with Crippen LogP contribution in [0.15, 0.2) is 46.8 Å². The normalized spacial score (nSPS) is 20.0. The van der Waals surface area contributed by atoms with E-state index in [-0.39, 0.29) is 36.1 Å². The van der Waals surface area contributed by atoms with Crippen LogP contribution in [0.2, 0.25) is 0 Å². The largest absolute Gasteiger partial charge is 0.488 e. The summed E-state index contributed by atoms with van der Waals surface area (Å²) in [5, 5.41) is 5.35. The fourth-order valence-electron chi connectivity index (χ4n) is 2.51. The number of nitrogens with zero attached hydrogens (tertiary/aromatic N) is 1. The van der Waals surface area contributed by atoms with Crippen LogP contribution in [-0.2, 0) is 6.42 Å². The molecule has 1 aromatic carbocycles. The summed E-state index contributed by atoms with van der Waals surface area (Å²) < 4.78 is 5.81. The Labute approximate surface area is 151 Å². The Hall–Kier alpha value is -1.28. The number of fused-ring (bicyclic) bond motifs is 1. The fraction of sp³-hybridized carbons (Fsp3) is 0.312. The number of nitrogens with one attached hydrogen (secondary N) is 1. The molecule has 2 unspecified atom stereocenters. The predicted octanol–water partition coefficient (Wildman–Crippen LogP) is 3.34. The molecular formula is C16H20IN3OS. The first-order chi connectivity index (χ1) is 10.2. The lowest BCUT2D eigenvalue weighted by Gasteiger charge is -2.17. The minimum absolute atomic E-state index is 0. The molecule has 2 atom stereocenters. The van der Waals surface area contributed by atoms with E-state index in [0.29, 0.717) is 12.5 Å². The number of ether oxygens (including phenoxy) is 1. The molecule has 0 aliphatic carbocycles. The van der Waals surface area contributed by atoms with Crippen LogP contribution in [0.4, 0.5) is 0 Å². The molecule has 1 aliphatic rings. The quantitative estimate of drug-likeness (QED) is 0.446. The molecule has 3 rings (SSSR count). The van der Waals surface area contributed by atoms with E-state index in [1.165, 1.54) is 4.88 Å². The molecule has 3 N–H and O–H groups in total. The van der Waals surface area contributed by atoms with Crippen LogP contribution in [0.3, 0.4) is 0 Å². The number of rotatable bonds is 4. The number of hydrogen-bond donors (Lipinski definition) is 2. The molecule has 0 bridgehead atoms. The van der Waals surface area contributed by atoms with Gasteiger partial charge in [-0.1, -0.05) is 24.3 Å².